The van der Waals surface area contributed by atoms with Crippen molar-refractivity contribution in [1.29, 1.82) is 0 Å². The third kappa shape index (κ3) is 3.59. The molecule has 1 aliphatic heterocycles. The van der Waals surface area contributed by atoms with Gasteiger partial charge in [0.15, 0.2) is 17.2 Å². The lowest BCUT2D eigenvalue weighted by atomic mass is 10.1. The highest BCUT2D eigenvalue weighted by Crippen LogP contribution is 2.41. The molecule has 0 saturated carbocycles. The van der Waals surface area contributed by atoms with E-state index in [1.165, 1.54) is 27.4 Å². The molecular weight excluding hydrogens is 393 g/mol. The Morgan fingerprint density at radius 1 is 1.00 bits per heavy atom. The molecule has 0 radical (unpaired) electrons. The molecule has 0 unspecified atom stereocenters. The summed E-state index contributed by atoms with van der Waals surface area (Å²) < 4.78 is 21.3. The first-order chi connectivity index (χ1) is 13.0. The minimum atomic E-state index is -0.613. The highest BCUT2D eigenvalue weighted by atomic mass is 35.5. The number of esters is 1. The lowest BCUT2D eigenvalue weighted by molar-refractivity contribution is -0.129. The monoisotopic (exact) mass is 407 g/mol. The molecule has 1 heterocycles. The average Bonchev–Trinajstić information content (AvgIpc) is 3.03. The van der Waals surface area contributed by atoms with E-state index < -0.39 is 5.97 Å². The van der Waals surface area contributed by atoms with Crippen molar-refractivity contribution in [2.45, 2.75) is 0 Å². The van der Waals surface area contributed by atoms with Crippen LogP contribution in [0.15, 0.2) is 41.0 Å². The molecule has 0 amide bonds. The lowest BCUT2D eigenvalue weighted by Crippen LogP contribution is -2.06. The number of nitrogens with zero attached hydrogens (tertiary/aromatic N) is 1. The van der Waals surface area contributed by atoms with Gasteiger partial charge in [-0.05, 0) is 30.3 Å². The zero-order chi connectivity index (χ0) is 19.6. The Balaban J connectivity index is 2.06. The number of carbonyl (C=O) groups is 1. The minimum absolute atomic E-state index is 0.0817. The maximum atomic E-state index is 12.3. The topological polar surface area (TPSA) is 66.4 Å². The van der Waals surface area contributed by atoms with Crippen LogP contribution in [0.2, 0.25) is 10.0 Å². The third-order valence-electron chi connectivity index (χ3n) is 3.83. The maximum absolute atomic E-state index is 12.3. The van der Waals surface area contributed by atoms with E-state index in [0.717, 1.165) is 0 Å². The van der Waals surface area contributed by atoms with Gasteiger partial charge >= 0.3 is 5.97 Å². The molecule has 0 atom stereocenters. The van der Waals surface area contributed by atoms with E-state index in [4.69, 9.17) is 42.1 Å². The van der Waals surface area contributed by atoms with Crippen molar-refractivity contribution in [3.63, 3.8) is 0 Å². The van der Waals surface area contributed by atoms with Crippen LogP contribution < -0.4 is 14.2 Å². The second-order valence-electron chi connectivity index (χ2n) is 5.36. The number of rotatable bonds is 5. The summed E-state index contributed by atoms with van der Waals surface area (Å²) in [6.45, 7) is 0. The number of hydrogen-bond donors (Lipinski definition) is 0. The van der Waals surface area contributed by atoms with Crippen LogP contribution >= 0.6 is 23.2 Å². The fourth-order valence-electron chi connectivity index (χ4n) is 2.58. The normalized spacial score (nSPS) is 14.8. The van der Waals surface area contributed by atoms with Crippen LogP contribution in [0.3, 0.4) is 0 Å². The molecule has 0 aliphatic carbocycles. The first-order valence-electron chi connectivity index (χ1n) is 7.76. The molecule has 2 aromatic carbocycles. The van der Waals surface area contributed by atoms with E-state index in [-0.39, 0.29) is 16.6 Å². The number of methoxy groups -OCH3 is 3. The number of halogens is 2. The number of cyclic esters (lactones) is 1. The first-order valence-corrected chi connectivity index (χ1v) is 8.51. The van der Waals surface area contributed by atoms with Gasteiger partial charge < -0.3 is 18.9 Å². The SMILES string of the molecule is COc1ccc(/C=C2\N=C(c3cccc(Cl)c3Cl)OC2=O)c(OC)c1OC. The summed E-state index contributed by atoms with van der Waals surface area (Å²) in [5, 5.41) is 0.600. The summed E-state index contributed by atoms with van der Waals surface area (Å²) in [5.41, 5.74) is 1.09. The molecule has 0 fully saturated rings. The molecule has 6 nitrogen and oxygen atoms in total. The fourth-order valence-corrected chi connectivity index (χ4v) is 2.96. The summed E-state index contributed by atoms with van der Waals surface area (Å²) in [6.07, 6.45) is 1.54. The Morgan fingerprint density at radius 2 is 1.74 bits per heavy atom. The fraction of sp³-hybridized carbons (Fsp3) is 0.158. The van der Waals surface area contributed by atoms with Crippen molar-refractivity contribution in [2.24, 2.45) is 4.99 Å². The Labute approximate surface area is 165 Å². The van der Waals surface area contributed by atoms with E-state index in [2.05, 4.69) is 4.99 Å². The highest BCUT2D eigenvalue weighted by molar-refractivity contribution is 6.44. The average molecular weight is 408 g/mol. The molecule has 0 bridgehead atoms. The summed E-state index contributed by atoms with van der Waals surface area (Å²) in [7, 11) is 4.51. The molecular formula is C19H15Cl2NO5. The van der Waals surface area contributed by atoms with Crippen molar-refractivity contribution in [3.8, 4) is 17.2 Å². The number of ether oxygens (including phenoxy) is 4. The van der Waals surface area contributed by atoms with Crippen LogP contribution in [-0.4, -0.2) is 33.2 Å². The van der Waals surface area contributed by atoms with Gasteiger partial charge in [0.2, 0.25) is 11.6 Å². The van der Waals surface area contributed by atoms with Gasteiger partial charge in [0.05, 0.1) is 36.9 Å². The van der Waals surface area contributed by atoms with Gasteiger partial charge in [-0.15, -0.1) is 0 Å². The van der Waals surface area contributed by atoms with Crippen LogP contribution in [0.4, 0.5) is 0 Å². The number of aliphatic imine (C=N–C) groups is 1. The lowest BCUT2D eigenvalue weighted by Gasteiger charge is -2.14. The molecule has 0 aromatic heterocycles. The van der Waals surface area contributed by atoms with Crippen molar-refractivity contribution < 1.29 is 23.7 Å². The van der Waals surface area contributed by atoms with Gasteiger partial charge in [-0.1, -0.05) is 29.3 Å². The van der Waals surface area contributed by atoms with Crippen LogP contribution in [0, 0.1) is 0 Å². The number of hydrogen-bond acceptors (Lipinski definition) is 6. The first kappa shape index (κ1) is 19.1. The van der Waals surface area contributed by atoms with Gasteiger partial charge in [0, 0.05) is 5.56 Å². The van der Waals surface area contributed by atoms with Crippen LogP contribution in [0.5, 0.6) is 17.2 Å². The summed E-state index contributed by atoms with van der Waals surface area (Å²) in [6, 6.07) is 8.42. The van der Waals surface area contributed by atoms with E-state index in [0.29, 0.717) is 33.4 Å². The molecule has 8 heteroatoms. The Hall–Kier alpha value is -2.70. The van der Waals surface area contributed by atoms with Gasteiger partial charge in [-0.25, -0.2) is 9.79 Å². The van der Waals surface area contributed by atoms with Gasteiger partial charge in [0.1, 0.15) is 0 Å². The van der Waals surface area contributed by atoms with Crippen molar-refractivity contribution in [3.05, 3.63) is 57.2 Å². The Morgan fingerprint density at radius 3 is 2.41 bits per heavy atom. The van der Waals surface area contributed by atoms with Gasteiger partial charge in [-0.2, -0.15) is 0 Å². The highest BCUT2D eigenvalue weighted by Gasteiger charge is 2.27. The molecule has 1 aliphatic rings. The molecule has 0 N–H and O–H groups in total. The standard InChI is InChI=1S/C19H15Cl2NO5/c1-24-14-8-7-10(16(25-2)17(14)26-3)9-13-19(23)27-18(22-13)11-5-4-6-12(20)15(11)21/h4-9H,1-3H3/b13-9-. The van der Waals surface area contributed by atoms with Crippen molar-refractivity contribution in [1.82, 2.24) is 0 Å². The van der Waals surface area contributed by atoms with Gasteiger partial charge in [-0.3, -0.25) is 0 Å². The second-order valence-corrected chi connectivity index (χ2v) is 6.15. The molecule has 27 heavy (non-hydrogen) atoms. The number of carbonyl (C=O) groups excluding carboxylic acids is 1. The largest absolute Gasteiger partial charge is 0.493 e. The van der Waals surface area contributed by atoms with E-state index in [1.54, 1.807) is 30.3 Å². The van der Waals surface area contributed by atoms with Crippen molar-refractivity contribution >= 4 is 41.1 Å². The summed E-state index contributed by atoms with van der Waals surface area (Å²) in [4.78, 5) is 16.5. The molecule has 0 spiro atoms. The maximum Gasteiger partial charge on any atom is 0.363 e. The molecule has 140 valence electrons. The van der Waals surface area contributed by atoms with Crippen molar-refractivity contribution in [2.75, 3.05) is 21.3 Å². The third-order valence-corrected chi connectivity index (χ3v) is 4.65. The quantitative estimate of drug-likeness (QED) is 0.543. The summed E-state index contributed by atoms with van der Waals surface area (Å²) >= 11 is 12.2. The zero-order valence-electron chi connectivity index (χ0n) is 14.7. The number of benzene rings is 2. The Bertz CT molecular complexity index is 969. The van der Waals surface area contributed by atoms with Crippen LogP contribution in [-0.2, 0) is 9.53 Å². The smallest absolute Gasteiger partial charge is 0.363 e. The molecule has 3 rings (SSSR count). The predicted octanol–water partition coefficient (Wildman–Crippen LogP) is 4.36. The summed E-state index contributed by atoms with van der Waals surface area (Å²) in [5.74, 6) is 0.779. The zero-order valence-corrected chi connectivity index (χ0v) is 16.2. The predicted molar refractivity (Wildman–Crippen MR) is 103 cm³/mol. The van der Waals surface area contributed by atoms with Crippen LogP contribution in [0.1, 0.15) is 11.1 Å². The molecule has 2 aromatic rings. The Kier molecular flexibility index (Phi) is 5.58. The van der Waals surface area contributed by atoms with E-state index in [9.17, 15) is 4.79 Å². The van der Waals surface area contributed by atoms with Gasteiger partial charge in [0.25, 0.3) is 0 Å². The van der Waals surface area contributed by atoms with E-state index in [1.807, 2.05) is 0 Å². The van der Waals surface area contributed by atoms with Crippen LogP contribution in [0.25, 0.3) is 6.08 Å². The molecule has 0 saturated heterocycles. The second kappa shape index (κ2) is 7.90. The van der Waals surface area contributed by atoms with E-state index >= 15 is 0 Å². The minimum Gasteiger partial charge on any atom is -0.493 e.